The number of carbonyl (C=O) groups excluding carboxylic acids is 2. The molecule has 1 fully saturated rings. The van der Waals surface area contributed by atoms with Gasteiger partial charge in [-0.15, -0.1) is 11.3 Å². The molecule has 0 bridgehead atoms. The molecular weight excluding hydrogens is 276 g/mol. The smallest absolute Gasteiger partial charge is 0.270 e. The van der Waals surface area contributed by atoms with Crippen molar-refractivity contribution in [1.29, 1.82) is 0 Å². The van der Waals surface area contributed by atoms with Gasteiger partial charge in [-0.25, -0.2) is 4.98 Å². The van der Waals surface area contributed by atoms with Crippen molar-refractivity contribution < 1.29 is 9.59 Å². The number of piperazine rings is 1. The van der Waals surface area contributed by atoms with Crippen molar-refractivity contribution in [3.05, 3.63) is 16.1 Å². The van der Waals surface area contributed by atoms with E-state index >= 15 is 0 Å². The molecule has 1 aliphatic rings. The van der Waals surface area contributed by atoms with E-state index in [2.05, 4.69) is 22.2 Å². The van der Waals surface area contributed by atoms with Gasteiger partial charge in [0.15, 0.2) is 0 Å². The number of nitrogens with zero attached hydrogens (tertiary/aromatic N) is 3. The number of thiazole rings is 1. The molecule has 1 N–H and O–H groups in total. The van der Waals surface area contributed by atoms with E-state index < -0.39 is 0 Å². The molecule has 1 saturated heterocycles. The molecule has 1 aromatic heterocycles. The number of aromatic nitrogens is 1. The maximum atomic E-state index is 12.0. The van der Waals surface area contributed by atoms with Crippen LogP contribution in [0.1, 0.15) is 21.9 Å². The van der Waals surface area contributed by atoms with Gasteiger partial charge in [-0.1, -0.05) is 0 Å². The van der Waals surface area contributed by atoms with Gasteiger partial charge < -0.3 is 15.1 Å². The standard InChI is InChI=1S/C13H20N4O2S/c1-10-15-11(9-20-10)13(19)14-4-3-12(18)17-7-5-16(2)6-8-17/h9H,3-8H2,1-2H3,(H,14,19). The summed E-state index contributed by atoms with van der Waals surface area (Å²) in [5.74, 6) is -0.103. The Bertz CT molecular complexity index is 480. The highest BCUT2D eigenvalue weighted by molar-refractivity contribution is 7.09. The summed E-state index contributed by atoms with van der Waals surface area (Å²) in [6.45, 7) is 5.59. The summed E-state index contributed by atoms with van der Waals surface area (Å²) in [6, 6.07) is 0. The Balaban J connectivity index is 1.70. The van der Waals surface area contributed by atoms with Gasteiger partial charge >= 0.3 is 0 Å². The first-order valence-corrected chi connectivity index (χ1v) is 7.61. The van der Waals surface area contributed by atoms with Crippen molar-refractivity contribution in [3.8, 4) is 0 Å². The van der Waals surface area contributed by atoms with Gasteiger partial charge in [-0.05, 0) is 14.0 Å². The number of likely N-dealkylation sites (N-methyl/N-ethyl adjacent to an activating group) is 1. The van der Waals surface area contributed by atoms with Crippen LogP contribution in [-0.2, 0) is 4.79 Å². The lowest BCUT2D eigenvalue weighted by Crippen LogP contribution is -2.47. The monoisotopic (exact) mass is 296 g/mol. The lowest BCUT2D eigenvalue weighted by Gasteiger charge is -2.32. The molecule has 7 heteroatoms. The van der Waals surface area contributed by atoms with Crippen LogP contribution in [0.25, 0.3) is 0 Å². The first-order valence-electron chi connectivity index (χ1n) is 6.73. The number of hydrogen-bond acceptors (Lipinski definition) is 5. The van der Waals surface area contributed by atoms with Crippen molar-refractivity contribution in [2.24, 2.45) is 0 Å². The van der Waals surface area contributed by atoms with Gasteiger partial charge in [0.25, 0.3) is 5.91 Å². The Morgan fingerprint density at radius 1 is 1.35 bits per heavy atom. The fourth-order valence-corrected chi connectivity index (χ4v) is 2.65. The Hall–Kier alpha value is -1.47. The molecule has 1 aliphatic heterocycles. The molecule has 0 aliphatic carbocycles. The molecule has 2 amide bonds. The number of hydrogen-bond donors (Lipinski definition) is 1. The number of aryl methyl sites for hydroxylation is 1. The van der Waals surface area contributed by atoms with Gasteiger partial charge in [0.2, 0.25) is 5.91 Å². The molecule has 0 aromatic carbocycles. The molecule has 6 nitrogen and oxygen atoms in total. The minimum Gasteiger partial charge on any atom is -0.350 e. The molecule has 0 radical (unpaired) electrons. The van der Waals surface area contributed by atoms with Crippen LogP contribution in [0.5, 0.6) is 0 Å². The van der Waals surface area contributed by atoms with E-state index in [0.29, 0.717) is 18.7 Å². The molecule has 0 saturated carbocycles. The Labute approximate surface area is 122 Å². The van der Waals surface area contributed by atoms with E-state index in [9.17, 15) is 9.59 Å². The summed E-state index contributed by atoms with van der Waals surface area (Å²) in [6.07, 6.45) is 0.346. The fraction of sp³-hybridized carbons (Fsp3) is 0.615. The van der Waals surface area contributed by atoms with Gasteiger partial charge in [0, 0.05) is 44.5 Å². The number of rotatable bonds is 4. The van der Waals surface area contributed by atoms with Crippen LogP contribution >= 0.6 is 11.3 Å². The second kappa shape index (κ2) is 6.81. The quantitative estimate of drug-likeness (QED) is 0.870. The predicted octanol–water partition coefficient (Wildman–Crippen LogP) is 0.345. The van der Waals surface area contributed by atoms with Gasteiger partial charge in [0.1, 0.15) is 5.69 Å². The number of nitrogens with one attached hydrogen (secondary N) is 1. The molecule has 2 heterocycles. The van der Waals surface area contributed by atoms with E-state index in [4.69, 9.17) is 0 Å². The highest BCUT2D eigenvalue weighted by Gasteiger charge is 2.18. The van der Waals surface area contributed by atoms with Crippen LogP contribution in [0.3, 0.4) is 0 Å². The van der Waals surface area contributed by atoms with Crippen LogP contribution in [-0.4, -0.2) is 66.4 Å². The predicted molar refractivity (Wildman–Crippen MR) is 77.9 cm³/mol. The topological polar surface area (TPSA) is 65.5 Å². The van der Waals surface area contributed by atoms with Crippen molar-refractivity contribution >= 4 is 23.2 Å². The molecule has 110 valence electrons. The zero-order chi connectivity index (χ0) is 14.5. The van der Waals surface area contributed by atoms with E-state index in [0.717, 1.165) is 31.2 Å². The van der Waals surface area contributed by atoms with Crippen LogP contribution < -0.4 is 5.32 Å². The van der Waals surface area contributed by atoms with E-state index in [1.54, 1.807) is 5.38 Å². The highest BCUT2D eigenvalue weighted by Crippen LogP contribution is 2.07. The van der Waals surface area contributed by atoms with Gasteiger partial charge in [-0.3, -0.25) is 9.59 Å². The lowest BCUT2D eigenvalue weighted by atomic mass is 10.3. The average Bonchev–Trinajstić information content (AvgIpc) is 2.86. The molecule has 2 rings (SSSR count). The Morgan fingerprint density at radius 2 is 2.05 bits per heavy atom. The molecular formula is C13H20N4O2S. The third-order valence-electron chi connectivity index (χ3n) is 3.33. The van der Waals surface area contributed by atoms with E-state index in [-0.39, 0.29) is 11.8 Å². The largest absolute Gasteiger partial charge is 0.350 e. The third-order valence-corrected chi connectivity index (χ3v) is 4.11. The SMILES string of the molecule is Cc1nc(C(=O)NCCC(=O)N2CCN(C)CC2)cs1. The zero-order valence-corrected chi connectivity index (χ0v) is 12.7. The van der Waals surface area contributed by atoms with Crippen molar-refractivity contribution in [1.82, 2.24) is 20.1 Å². The molecule has 1 aromatic rings. The second-order valence-electron chi connectivity index (χ2n) is 4.94. The van der Waals surface area contributed by atoms with E-state index in [1.165, 1.54) is 11.3 Å². The molecule has 20 heavy (non-hydrogen) atoms. The van der Waals surface area contributed by atoms with Crippen molar-refractivity contribution in [3.63, 3.8) is 0 Å². The number of carbonyl (C=O) groups is 2. The lowest BCUT2D eigenvalue weighted by molar-refractivity contribution is -0.132. The maximum absolute atomic E-state index is 12.0. The minimum atomic E-state index is -0.208. The van der Waals surface area contributed by atoms with E-state index in [1.807, 2.05) is 11.8 Å². The summed E-state index contributed by atoms with van der Waals surface area (Å²) in [5.41, 5.74) is 0.430. The third kappa shape index (κ3) is 4.01. The molecule has 0 atom stereocenters. The fourth-order valence-electron chi connectivity index (χ4n) is 2.06. The van der Waals surface area contributed by atoms with Crippen LogP contribution in [0, 0.1) is 6.92 Å². The minimum absolute atomic E-state index is 0.104. The number of amides is 2. The first kappa shape index (κ1) is 14.9. The van der Waals surface area contributed by atoms with Crippen molar-refractivity contribution in [2.75, 3.05) is 39.8 Å². The average molecular weight is 296 g/mol. The molecule has 0 spiro atoms. The van der Waals surface area contributed by atoms with Gasteiger partial charge in [-0.2, -0.15) is 0 Å². The summed E-state index contributed by atoms with van der Waals surface area (Å²) < 4.78 is 0. The normalized spacial score (nSPS) is 16.2. The van der Waals surface area contributed by atoms with Crippen LogP contribution in [0.4, 0.5) is 0 Å². The summed E-state index contributed by atoms with van der Waals surface area (Å²) in [7, 11) is 2.05. The molecule has 0 unspecified atom stereocenters. The second-order valence-corrected chi connectivity index (χ2v) is 6.00. The summed E-state index contributed by atoms with van der Waals surface area (Å²) >= 11 is 1.44. The van der Waals surface area contributed by atoms with Gasteiger partial charge in [0.05, 0.1) is 5.01 Å². The van der Waals surface area contributed by atoms with Crippen LogP contribution in [0.15, 0.2) is 5.38 Å². The maximum Gasteiger partial charge on any atom is 0.270 e. The zero-order valence-electron chi connectivity index (χ0n) is 11.9. The highest BCUT2D eigenvalue weighted by atomic mass is 32.1. The first-order chi connectivity index (χ1) is 9.56. The summed E-state index contributed by atoms with van der Waals surface area (Å²) in [4.78, 5) is 31.9. The van der Waals surface area contributed by atoms with Crippen LogP contribution in [0.2, 0.25) is 0 Å². The Morgan fingerprint density at radius 3 is 2.65 bits per heavy atom. The van der Waals surface area contributed by atoms with Crippen molar-refractivity contribution in [2.45, 2.75) is 13.3 Å². The Kier molecular flexibility index (Phi) is 5.08. The summed E-state index contributed by atoms with van der Waals surface area (Å²) in [5, 5.41) is 5.33.